The Morgan fingerprint density at radius 3 is 2.42 bits per heavy atom. The second-order valence-electron chi connectivity index (χ2n) is 7.69. The summed E-state index contributed by atoms with van der Waals surface area (Å²) >= 11 is 2.97. The van der Waals surface area contributed by atoms with Crippen molar-refractivity contribution in [3.8, 4) is 0 Å². The molecule has 0 saturated carbocycles. The first-order valence-electron chi connectivity index (χ1n) is 9.95. The monoisotopic (exact) mass is 601 g/mol. The van der Waals surface area contributed by atoms with Crippen molar-refractivity contribution < 1.29 is 45.2 Å². The van der Waals surface area contributed by atoms with Crippen LogP contribution in [-0.4, -0.2) is 49.3 Å². The van der Waals surface area contributed by atoms with Crippen molar-refractivity contribution in [1.29, 1.82) is 0 Å². The van der Waals surface area contributed by atoms with Crippen molar-refractivity contribution in [2.45, 2.75) is 43.0 Å². The van der Waals surface area contributed by atoms with Crippen molar-refractivity contribution in [1.82, 2.24) is 9.71 Å². The molecule has 0 spiro atoms. The van der Waals surface area contributed by atoms with E-state index in [9.17, 15) is 40.9 Å². The van der Waals surface area contributed by atoms with Crippen molar-refractivity contribution in [2.75, 3.05) is 13.2 Å². The quantitative estimate of drug-likeness (QED) is 0.142. The summed E-state index contributed by atoms with van der Waals surface area (Å²) in [5.74, 6) is -2.95. The van der Waals surface area contributed by atoms with E-state index in [4.69, 9.17) is 4.74 Å². The van der Waals surface area contributed by atoms with Crippen LogP contribution in [0.4, 0.5) is 23.2 Å². The number of ether oxygens (including phenoxy) is 2. The van der Waals surface area contributed by atoms with E-state index in [2.05, 4.69) is 25.7 Å². The van der Waals surface area contributed by atoms with Crippen LogP contribution in [0.25, 0.3) is 0 Å². The largest absolute Gasteiger partial charge is 0.464 e. The van der Waals surface area contributed by atoms with Crippen molar-refractivity contribution in [3.05, 3.63) is 62.6 Å². The third kappa shape index (κ3) is 6.16. The summed E-state index contributed by atoms with van der Waals surface area (Å²) in [6.45, 7) is 0.951. The molecule has 0 radical (unpaired) electrons. The molecule has 0 saturated heterocycles. The SMILES string of the molecule is CCOC(=O)C(C)(OCC(C)(NS(=O)(=O)c1ccccc1[N+](=O)[O-])c1cc(Br)ncc1F)C(F)(F)F. The third-order valence-corrected chi connectivity index (χ3v) is 7.06. The average molecular weight is 602 g/mol. The molecule has 16 heteroatoms. The van der Waals surface area contributed by atoms with E-state index >= 15 is 0 Å². The molecular weight excluding hydrogens is 582 g/mol. The number of benzene rings is 1. The molecule has 2 aromatic rings. The number of esters is 1. The standard InChI is InChI=1S/C20H20BrF4N3O7S/c1-4-34-17(29)19(3,20(23,24)25)35-11-18(2,12-9-16(21)26-10-13(12)22)27-36(32,33)15-8-6-5-7-14(15)28(30)31/h5-10,27H,4,11H2,1-3H3. The lowest BCUT2D eigenvalue weighted by Crippen LogP contribution is -2.56. The summed E-state index contributed by atoms with van der Waals surface area (Å²) < 4.78 is 93.9. The molecule has 198 valence electrons. The number of nitro groups is 1. The maximum absolute atomic E-state index is 14.8. The van der Waals surface area contributed by atoms with Crippen LogP contribution >= 0.6 is 15.9 Å². The molecule has 1 heterocycles. The van der Waals surface area contributed by atoms with E-state index in [0.29, 0.717) is 13.1 Å². The van der Waals surface area contributed by atoms with Gasteiger partial charge in [-0.3, -0.25) is 10.1 Å². The van der Waals surface area contributed by atoms with Gasteiger partial charge in [0, 0.05) is 11.6 Å². The lowest BCUT2D eigenvalue weighted by molar-refractivity contribution is -0.387. The van der Waals surface area contributed by atoms with Gasteiger partial charge in [0.2, 0.25) is 10.0 Å². The number of carbonyl (C=O) groups is 1. The van der Waals surface area contributed by atoms with Gasteiger partial charge >= 0.3 is 12.1 Å². The van der Waals surface area contributed by atoms with Crippen molar-refractivity contribution in [2.24, 2.45) is 0 Å². The molecular formula is C20H20BrF4N3O7S. The van der Waals surface area contributed by atoms with Gasteiger partial charge in [-0.15, -0.1) is 0 Å². The van der Waals surface area contributed by atoms with Crippen LogP contribution < -0.4 is 4.72 Å². The Kier molecular flexibility index (Phi) is 8.81. The average Bonchev–Trinajstić information content (AvgIpc) is 2.78. The predicted molar refractivity (Wildman–Crippen MR) is 120 cm³/mol. The molecule has 0 amide bonds. The van der Waals surface area contributed by atoms with E-state index in [1.54, 1.807) is 0 Å². The first-order valence-corrected chi connectivity index (χ1v) is 12.2. The summed E-state index contributed by atoms with van der Waals surface area (Å²) in [6, 6.07) is 5.15. The number of para-hydroxylation sites is 1. The van der Waals surface area contributed by atoms with Gasteiger partial charge < -0.3 is 9.47 Å². The Morgan fingerprint density at radius 1 is 1.25 bits per heavy atom. The highest BCUT2D eigenvalue weighted by molar-refractivity contribution is 9.10. The second-order valence-corrected chi connectivity index (χ2v) is 10.2. The van der Waals surface area contributed by atoms with Crippen molar-refractivity contribution in [3.63, 3.8) is 0 Å². The lowest BCUT2D eigenvalue weighted by atomic mass is 9.94. The van der Waals surface area contributed by atoms with E-state index in [-0.39, 0.29) is 4.60 Å². The van der Waals surface area contributed by atoms with Gasteiger partial charge in [-0.2, -0.15) is 17.9 Å². The molecule has 2 atom stereocenters. The normalized spacial score (nSPS) is 15.6. The Labute approximate surface area is 211 Å². The number of rotatable bonds is 10. The van der Waals surface area contributed by atoms with Crippen LogP contribution in [-0.2, 0) is 29.8 Å². The minimum absolute atomic E-state index is 0.0148. The number of sulfonamides is 1. The zero-order chi connectivity index (χ0) is 27.5. The van der Waals surface area contributed by atoms with Gasteiger partial charge in [0.25, 0.3) is 11.3 Å². The molecule has 0 aliphatic carbocycles. The molecule has 0 aliphatic rings. The number of pyridine rings is 1. The van der Waals surface area contributed by atoms with Crippen LogP contribution in [0.2, 0.25) is 0 Å². The minimum atomic E-state index is -5.31. The van der Waals surface area contributed by atoms with Gasteiger partial charge in [0.05, 0.1) is 29.9 Å². The summed E-state index contributed by atoms with van der Waals surface area (Å²) in [4.78, 5) is 25.3. The lowest BCUT2D eigenvalue weighted by Gasteiger charge is -2.36. The smallest absolute Gasteiger partial charge is 0.428 e. The topological polar surface area (TPSA) is 138 Å². The molecule has 2 unspecified atom stereocenters. The highest BCUT2D eigenvalue weighted by atomic mass is 79.9. The van der Waals surface area contributed by atoms with E-state index in [1.807, 2.05) is 4.72 Å². The van der Waals surface area contributed by atoms with Crippen LogP contribution in [0.1, 0.15) is 26.3 Å². The fourth-order valence-electron chi connectivity index (χ4n) is 3.00. The maximum Gasteiger partial charge on any atom is 0.428 e. The maximum atomic E-state index is 14.8. The van der Waals surface area contributed by atoms with E-state index in [1.165, 1.54) is 19.1 Å². The summed E-state index contributed by atoms with van der Waals surface area (Å²) in [6.07, 6.45) is -4.64. The Hall–Kier alpha value is -2.69. The van der Waals surface area contributed by atoms with Crippen LogP contribution in [0.5, 0.6) is 0 Å². The number of nitrogens with zero attached hydrogens (tertiary/aromatic N) is 2. The number of carbonyl (C=O) groups excluding carboxylic acids is 1. The summed E-state index contributed by atoms with van der Waals surface area (Å²) in [5, 5.41) is 11.3. The Bertz CT molecular complexity index is 1260. The van der Waals surface area contributed by atoms with Crippen molar-refractivity contribution >= 4 is 37.6 Å². The number of aromatic nitrogens is 1. The molecule has 1 N–H and O–H groups in total. The third-order valence-electron chi connectivity index (χ3n) is 4.98. The number of halogens is 5. The second kappa shape index (κ2) is 10.7. The number of alkyl halides is 3. The predicted octanol–water partition coefficient (Wildman–Crippen LogP) is 3.99. The zero-order valence-electron chi connectivity index (χ0n) is 18.9. The summed E-state index contributed by atoms with van der Waals surface area (Å²) in [7, 11) is -4.88. The van der Waals surface area contributed by atoms with Gasteiger partial charge in [-0.25, -0.2) is 22.6 Å². The molecule has 1 aromatic heterocycles. The number of hydrogen-bond donors (Lipinski definition) is 1. The molecule has 0 fully saturated rings. The fraction of sp³-hybridized carbons (Fsp3) is 0.400. The highest BCUT2D eigenvalue weighted by Crippen LogP contribution is 2.38. The number of nitro benzene ring substituents is 1. The first kappa shape index (κ1) is 29.5. The molecule has 0 aliphatic heterocycles. The molecule has 2 rings (SSSR count). The van der Waals surface area contributed by atoms with Crippen LogP contribution in [0.15, 0.2) is 46.0 Å². The zero-order valence-corrected chi connectivity index (χ0v) is 21.3. The molecule has 36 heavy (non-hydrogen) atoms. The highest BCUT2D eigenvalue weighted by Gasteiger charge is 2.60. The van der Waals surface area contributed by atoms with Crippen LogP contribution in [0, 0.1) is 15.9 Å². The molecule has 0 bridgehead atoms. The van der Waals surface area contributed by atoms with Gasteiger partial charge in [0.1, 0.15) is 10.4 Å². The van der Waals surface area contributed by atoms with Gasteiger partial charge in [-0.1, -0.05) is 12.1 Å². The minimum Gasteiger partial charge on any atom is -0.464 e. The van der Waals surface area contributed by atoms with Crippen LogP contribution in [0.3, 0.4) is 0 Å². The Balaban J connectivity index is 2.65. The molecule has 1 aromatic carbocycles. The number of nitrogens with one attached hydrogen (secondary N) is 1. The van der Waals surface area contributed by atoms with E-state index < -0.39 is 73.4 Å². The molecule has 10 nitrogen and oxygen atoms in total. The summed E-state index contributed by atoms with van der Waals surface area (Å²) in [5.41, 5.74) is -7.26. The van der Waals surface area contributed by atoms with Gasteiger partial charge in [0.15, 0.2) is 4.90 Å². The van der Waals surface area contributed by atoms with E-state index in [0.717, 1.165) is 25.1 Å². The first-order chi connectivity index (χ1) is 16.5. The Morgan fingerprint density at radius 2 is 1.86 bits per heavy atom. The fourth-order valence-corrected chi connectivity index (χ4v) is 4.88. The van der Waals surface area contributed by atoms with Gasteiger partial charge in [-0.05, 0) is 48.8 Å². The number of hydrogen-bond acceptors (Lipinski definition) is 8.